The first-order valence-corrected chi connectivity index (χ1v) is 4.80. The Kier molecular flexibility index (Phi) is 3.00. The number of nitrogens with one attached hydrogen (secondary N) is 1. The minimum absolute atomic E-state index is 0.347. The van der Waals surface area contributed by atoms with Gasteiger partial charge in [-0.15, -0.1) is 0 Å². The van der Waals surface area contributed by atoms with Crippen molar-refractivity contribution >= 4 is 11.4 Å². The zero-order chi connectivity index (χ0) is 11.4. The topological polar surface area (TPSA) is 77.0 Å². The van der Waals surface area contributed by atoms with E-state index in [9.17, 15) is 4.39 Å². The van der Waals surface area contributed by atoms with Gasteiger partial charge in [0.25, 0.3) is 0 Å². The van der Waals surface area contributed by atoms with E-state index in [0.717, 1.165) is 0 Å². The molecule has 0 bridgehead atoms. The molecule has 0 fully saturated rings. The van der Waals surface area contributed by atoms with Gasteiger partial charge in [-0.1, -0.05) is 5.16 Å². The fraction of sp³-hybridized carbons (Fsp3) is 0.200. The first kappa shape index (κ1) is 10.4. The molecule has 0 aliphatic carbocycles. The van der Waals surface area contributed by atoms with Crippen molar-refractivity contribution in [2.45, 2.75) is 6.42 Å². The fourth-order valence-corrected chi connectivity index (χ4v) is 1.30. The fourth-order valence-electron chi connectivity index (χ4n) is 1.30. The van der Waals surface area contributed by atoms with Crippen LogP contribution in [0.2, 0.25) is 0 Å². The van der Waals surface area contributed by atoms with Crippen LogP contribution >= 0.6 is 0 Å². The molecule has 84 valence electrons. The molecule has 0 atom stereocenters. The SMILES string of the molecule is Nc1cc(F)ccc1NCCc1ncno1. The zero-order valence-corrected chi connectivity index (χ0v) is 8.48. The minimum atomic E-state index is -0.347. The maximum absolute atomic E-state index is 12.8. The number of hydrogen-bond acceptors (Lipinski definition) is 5. The molecular weight excluding hydrogens is 211 g/mol. The number of anilines is 2. The first-order valence-electron chi connectivity index (χ1n) is 4.80. The number of nitrogens with zero attached hydrogens (tertiary/aromatic N) is 2. The molecule has 3 N–H and O–H groups in total. The maximum atomic E-state index is 12.8. The number of aromatic nitrogens is 2. The summed E-state index contributed by atoms with van der Waals surface area (Å²) in [6, 6.07) is 4.22. The highest BCUT2D eigenvalue weighted by molar-refractivity contribution is 5.65. The van der Waals surface area contributed by atoms with Crippen LogP contribution in [-0.4, -0.2) is 16.7 Å². The smallest absolute Gasteiger partial charge is 0.228 e. The summed E-state index contributed by atoms with van der Waals surface area (Å²) in [5.41, 5.74) is 6.70. The second-order valence-electron chi connectivity index (χ2n) is 3.24. The molecule has 0 unspecified atom stereocenters. The Labute approximate surface area is 91.5 Å². The number of nitrogen functional groups attached to an aromatic ring is 1. The van der Waals surface area contributed by atoms with Crippen LogP contribution in [0.5, 0.6) is 0 Å². The zero-order valence-electron chi connectivity index (χ0n) is 8.48. The molecule has 0 saturated carbocycles. The summed E-state index contributed by atoms with van der Waals surface area (Å²) < 4.78 is 17.6. The monoisotopic (exact) mass is 222 g/mol. The minimum Gasteiger partial charge on any atom is -0.397 e. The molecule has 1 heterocycles. The Bertz CT molecular complexity index is 458. The van der Waals surface area contributed by atoms with Crippen molar-refractivity contribution in [3.05, 3.63) is 36.2 Å². The highest BCUT2D eigenvalue weighted by Crippen LogP contribution is 2.18. The van der Waals surface area contributed by atoms with Crippen LogP contribution in [0.3, 0.4) is 0 Å². The van der Waals surface area contributed by atoms with E-state index in [1.807, 2.05) is 0 Å². The van der Waals surface area contributed by atoms with E-state index in [2.05, 4.69) is 15.5 Å². The van der Waals surface area contributed by atoms with Crippen molar-refractivity contribution in [1.82, 2.24) is 10.1 Å². The second-order valence-corrected chi connectivity index (χ2v) is 3.24. The largest absolute Gasteiger partial charge is 0.397 e. The lowest BCUT2D eigenvalue weighted by molar-refractivity contribution is 0.380. The van der Waals surface area contributed by atoms with Crippen molar-refractivity contribution in [2.75, 3.05) is 17.6 Å². The Morgan fingerprint density at radius 2 is 2.31 bits per heavy atom. The van der Waals surface area contributed by atoms with Crippen LogP contribution in [-0.2, 0) is 6.42 Å². The third-order valence-electron chi connectivity index (χ3n) is 2.07. The van der Waals surface area contributed by atoms with E-state index in [1.54, 1.807) is 6.07 Å². The first-order chi connectivity index (χ1) is 7.75. The predicted octanol–water partition coefficient (Wildman–Crippen LogP) is 1.45. The number of hydrogen-bond donors (Lipinski definition) is 2. The van der Waals surface area contributed by atoms with Gasteiger partial charge < -0.3 is 15.6 Å². The summed E-state index contributed by atoms with van der Waals surface area (Å²) in [6.45, 7) is 0.595. The lowest BCUT2D eigenvalue weighted by Gasteiger charge is -2.07. The Hall–Kier alpha value is -2.11. The molecule has 2 rings (SSSR count). The van der Waals surface area contributed by atoms with Gasteiger partial charge in [-0.25, -0.2) is 4.39 Å². The van der Waals surface area contributed by atoms with Gasteiger partial charge in [0.2, 0.25) is 5.89 Å². The van der Waals surface area contributed by atoms with E-state index in [0.29, 0.717) is 30.2 Å². The highest BCUT2D eigenvalue weighted by atomic mass is 19.1. The van der Waals surface area contributed by atoms with Crippen LogP contribution in [0.1, 0.15) is 5.89 Å². The van der Waals surface area contributed by atoms with Crippen LogP contribution in [0, 0.1) is 5.82 Å². The molecule has 0 saturated heterocycles. The lowest BCUT2D eigenvalue weighted by Crippen LogP contribution is -2.07. The average molecular weight is 222 g/mol. The predicted molar refractivity (Wildman–Crippen MR) is 57.3 cm³/mol. The van der Waals surface area contributed by atoms with Crippen molar-refractivity contribution in [3.63, 3.8) is 0 Å². The van der Waals surface area contributed by atoms with Crippen LogP contribution in [0.15, 0.2) is 29.0 Å². The van der Waals surface area contributed by atoms with E-state index >= 15 is 0 Å². The van der Waals surface area contributed by atoms with Crippen molar-refractivity contribution in [1.29, 1.82) is 0 Å². The highest BCUT2D eigenvalue weighted by Gasteiger charge is 2.02. The summed E-state index contributed by atoms with van der Waals surface area (Å²) in [4.78, 5) is 3.87. The van der Waals surface area contributed by atoms with Gasteiger partial charge in [0.05, 0.1) is 11.4 Å². The third-order valence-corrected chi connectivity index (χ3v) is 2.07. The van der Waals surface area contributed by atoms with Crippen molar-refractivity contribution in [3.8, 4) is 0 Å². The lowest BCUT2D eigenvalue weighted by atomic mass is 10.2. The summed E-state index contributed by atoms with van der Waals surface area (Å²) in [6.07, 6.45) is 1.94. The molecule has 1 aromatic carbocycles. The Balaban J connectivity index is 1.90. The molecule has 0 aliphatic rings. The van der Waals surface area contributed by atoms with Gasteiger partial charge in [0.15, 0.2) is 6.33 Å². The van der Waals surface area contributed by atoms with E-state index < -0.39 is 0 Å². The van der Waals surface area contributed by atoms with Gasteiger partial charge in [-0.2, -0.15) is 4.98 Å². The maximum Gasteiger partial charge on any atom is 0.228 e. The molecule has 1 aromatic heterocycles. The number of nitrogens with two attached hydrogens (primary N) is 1. The summed E-state index contributed by atoms with van der Waals surface area (Å²) in [5, 5.41) is 6.55. The number of benzene rings is 1. The molecule has 0 aliphatic heterocycles. The molecular formula is C10H11FN4O. The summed E-state index contributed by atoms with van der Waals surface area (Å²) in [5.74, 6) is 0.202. The molecule has 2 aromatic rings. The average Bonchev–Trinajstić information content (AvgIpc) is 2.74. The summed E-state index contributed by atoms with van der Waals surface area (Å²) >= 11 is 0. The van der Waals surface area contributed by atoms with Crippen LogP contribution in [0.4, 0.5) is 15.8 Å². The van der Waals surface area contributed by atoms with Gasteiger partial charge in [-0.3, -0.25) is 0 Å². The standard InChI is InChI=1S/C10H11FN4O/c11-7-1-2-9(8(12)5-7)13-4-3-10-14-6-15-16-10/h1-2,5-6,13H,3-4,12H2. The molecule has 0 amide bonds. The molecule has 6 heteroatoms. The van der Waals surface area contributed by atoms with Crippen molar-refractivity contribution in [2.24, 2.45) is 0 Å². The molecule has 5 nitrogen and oxygen atoms in total. The van der Waals surface area contributed by atoms with Crippen LogP contribution < -0.4 is 11.1 Å². The third kappa shape index (κ3) is 2.47. The van der Waals surface area contributed by atoms with Crippen LogP contribution in [0.25, 0.3) is 0 Å². The Morgan fingerprint density at radius 1 is 1.44 bits per heavy atom. The van der Waals surface area contributed by atoms with E-state index in [4.69, 9.17) is 10.3 Å². The molecule has 0 spiro atoms. The molecule has 16 heavy (non-hydrogen) atoms. The van der Waals surface area contributed by atoms with Gasteiger partial charge >= 0.3 is 0 Å². The number of rotatable bonds is 4. The van der Waals surface area contributed by atoms with E-state index in [-0.39, 0.29) is 5.82 Å². The van der Waals surface area contributed by atoms with Crippen molar-refractivity contribution < 1.29 is 8.91 Å². The quantitative estimate of drug-likeness (QED) is 0.765. The normalized spacial score (nSPS) is 10.3. The molecule has 0 radical (unpaired) electrons. The van der Waals surface area contributed by atoms with Gasteiger partial charge in [-0.05, 0) is 18.2 Å². The number of halogens is 1. The Morgan fingerprint density at radius 3 is 3.00 bits per heavy atom. The second kappa shape index (κ2) is 4.61. The van der Waals surface area contributed by atoms with Gasteiger partial charge in [0, 0.05) is 13.0 Å². The van der Waals surface area contributed by atoms with E-state index in [1.165, 1.54) is 18.5 Å². The summed E-state index contributed by atoms with van der Waals surface area (Å²) in [7, 11) is 0. The van der Waals surface area contributed by atoms with Gasteiger partial charge in [0.1, 0.15) is 5.82 Å².